The van der Waals surface area contributed by atoms with E-state index in [0.717, 1.165) is 24.0 Å². The van der Waals surface area contributed by atoms with E-state index < -0.39 is 11.2 Å². The molecule has 0 atom stereocenters. The number of imidazole rings is 1. The SMILES string of the molecule is CCCCn1c(=O)[nH]c(=O)c2c1nc(-c1cccc(OC)c1)n2Cc1ccccc1OC. The van der Waals surface area contributed by atoms with Crippen LogP contribution in [0.25, 0.3) is 22.6 Å². The van der Waals surface area contributed by atoms with E-state index in [1.165, 1.54) is 0 Å². The zero-order valence-electron chi connectivity index (χ0n) is 18.4. The summed E-state index contributed by atoms with van der Waals surface area (Å²) < 4.78 is 14.3. The zero-order valence-corrected chi connectivity index (χ0v) is 18.4. The van der Waals surface area contributed by atoms with Crippen LogP contribution in [0.1, 0.15) is 25.3 Å². The van der Waals surface area contributed by atoms with E-state index in [-0.39, 0.29) is 0 Å². The van der Waals surface area contributed by atoms with E-state index in [1.807, 2.05) is 53.1 Å². The standard InChI is InChI=1S/C24H26N4O4/c1-4-5-13-27-22-20(23(29)26-24(27)30)28(15-17-9-6-7-12-19(17)32-3)21(25-22)16-10-8-11-18(14-16)31-2/h6-12,14H,4-5,13,15H2,1-3H3,(H,26,29,30). The van der Waals surface area contributed by atoms with Gasteiger partial charge >= 0.3 is 5.69 Å². The number of rotatable bonds is 8. The maximum absolute atomic E-state index is 13.0. The van der Waals surface area contributed by atoms with Crippen LogP contribution >= 0.6 is 0 Å². The maximum atomic E-state index is 13.0. The molecule has 0 aliphatic heterocycles. The molecule has 0 spiro atoms. The number of para-hydroxylation sites is 1. The van der Waals surface area contributed by atoms with Crippen molar-refractivity contribution < 1.29 is 9.47 Å². The number of aromatic amines is 1. The number of benzene rings is 2. The van der Waals surface area contributed by atoms with Gasteiger partial charge in [0.25, 0.3) is 5.56 Å². The van der Waals surface area contributed by atoms with Gasteiger partial charge in [0.15, 0.2) is 11.2 Å². The monoisotopic (exact) mass is 434 g/mol. The number of nitrogens with one attached hydrogen (secondary N) is 1. The van der Waals surface area contributed by atoms with Gasteiger partial charge in [-0.05, 0) is 24.6 Å². The molecule has 1 N–H and O–H groups in total. The molecule has 166 valence electrons. The summed E-state index contributed by atoms with van der Waals surface area (Å²) in [5.74, 6) is 1.96. The van der Waals surface area contributed by atoms with Gasteiger partial charge in [0.05, 0.1) is 20.8 Å². The third-order valence-corrected chi connectivity index (χ3v) is 5.47. The average Bonchev–Trinajstić information content (AvgIpc) is 3.19. The van der Waals surface area contributed by atoms with Crippen molar-refractivity contribution in [2.45, 2.75) is 32.9 Å². The van der Waals surface area contributed by atoms with Crippen LogP contribution in [-0.2, 0) is 13.1 Å². The van der Waals surface area contributed by atoms with Crippen LogP contribution in [0.2, 0.25) is 0 Å². The fourth-order valence-corrected chi connectivity index (χ4v) is 3.84. The molecular formula is C24H26N4O4. The number of hydrogen-bond donors (Lipinski definition) is 1. The first kappa shape index (κ1) is 21.4. The molecule has 0 saturated heterocycles. The lowest BCUT2D eigenvalue weighted by atomic mass is 10.1. The Morgan fingerprint density at radius 1 is 1.00 bits per heavy atom. The molecule has 0 radical (unpaired) electrons. The molecule has 2 aromatic carbocycles. The summed E-state index contributed by atoms with van der Waals surface area (Å²) >= 11 is 0. The Morgan fingerprint density at radius 3 is 2.56 bits per heavy atom. The van der Waals surface area contributed by atoms with Crippen molar-refractivity contribution in [3.8, 4) is 22.9 Å². The Bertz CT molecular complexity index is 1370. The van der Waals surface area contributed by atoms with Gasteiger partial charge in [-0.25, -0.2) is 9.78 Å². The molecule has 32 heavy (non-hydrogen) atoms. The summed E-state index contributed by atoms with van der Waals surface area (Å²) in [5, 5.41) is 0. The zero-order chi connectivity index (χ0) is 22.7. The molecule has 0 aliphatic carbocycles. The number of methoxy groups -OCH3 is 2. The predicted octanol–water partition coefficient (Wildman–Crippen LogP) is 3.42. The largest absolute Gasteiger partial charge is 0.497 e. The lowest BCUT2D eigenvalue weighted by molar-refractivity contribution is 0.408. The third kappa shape index (κ3) is 3.91. The third-order valence-electron chi connectivity index (χ3n) is 5.47. The van der Waals surface area contributed by atoms with Crippen LogP contribution < -0.4 is 20.7 Å². The Morgan fingerprint density at radius 2 is 1.81 bits per heavy atom. The number of fused-ring (bicyclic) bond motifs is 1. The Balaban J connectivity index is 2.02. The van der Waals surface area contributed by atoms with E-state index >= 15 is 0 Å². The van der Waals surface area contributed by atoms with Crippen molar-refractivity contribution in [3.05, 3.63) is 74.9 Å². The Kier molecular flexibility index (Phi) is 6.11. The van der Waals surface area contributed by atoms with Gasteiger partial charge < -0.3 is 14.0 Å². The molecule has 0 amide bonds. The fraction of sp³-hybridized carbons (Fsp3) is 0.292. The van der Waals surface area contributed by atoms with Crippen molar-refractivity contribution in [2.75, 3.05) is 14.2 Å². The van der Waals surface area contributed by atoms with Gasteiger partial charge in [0, 0.05) is 17.7 Å². The van der Waals surface area contributed by atoms with Crippen LogP contribution in [-0.4, -0.2) is 33.3 Å². The van der Waals surface area contributed by atoms with E-state index in [9.17, 15) is 9.59 Å². The lowest BCUT2D eigenvalue weighted by Gasteiger charge is -2.13. The number of H-pyrrole nitrogens is 1. The number of aromatic nitrogens is 4. The first-order valence-corrected chi connectivity index (χ1v) is 10.6. The molecule has 0 saturated carbocycles. The van der Waals surface area contributed by atoms with Gasteiger partial charge in [-0.1, -0.05) is 43.7 Å². The highest BCUT2D eigenvalue weighted by Gasteiger charge is 2.21. The fourth-order valence-electron chi connectivity index (χ4n) is 3.84. The molecule has 0 aliphatic rings. The van der Waals surface area contributed by atoms with Gasteiger partial charge in [0.1, 0.15) is 17.3 Å². The smallest absolute Gasteiger partial charge is 0.330 e. The number of unbranched alkanes of at least 4 members (excludes halogenated alkanes) is 1. The second-order valence-electron chi connectivity index (χ2n) is 7.50. The van der Waals surface area contributed by atoms with E-state index in [2.05, 4.69) is 11.9 Å². The minimum Gasteiger partial charge on any atom is -0.497 e. The van der Waals surface area contributed by atoms with Crippen molar-refractivity contribution in [2.24, 2.45) is 0 Å². The molecule has 0 unspecified atom stereocenters. The highest BCUT2D eigenvalue weighted by Crippen LogP contribution is 2.28. The van der Waals surface area contributed by atoms with Gasteiger partial charge in [-0.3, -0.25) is 14.3 Å². The molecule has 4 aromatic rings. The second-order valence-corrected chi connectivity index (χ2v) is 7.50. The van der Waals surface area contributed by atoms with Crippen LogP contribution in [0.3, 0.4) is 0 Å². The summed E-state index contributed by atoms with van der Waals surface area (Å²) in [6, 6.07) is 15.1. The van der Waals surface area contributed by atoms with Crippen molar-refractivity contribution in [1.29, 1.82) is 0 Å². The van der Waals surface area contributed by atoms with E-state index in [1.54, 1.807) is 18.8 Å². The second kappa shape index (κ2) is 9.13. The van der Waals surface area contributed by atoms with Gasteiger partial charge in [-0.2, -0.15) is 0 Å². The van der Waals surface area contributed by atoms with Crippen LogP contribution in [0.15, 0.2) is 58.1 Å². The highest BCUT2D eigenvalue weighted by atomic mass is 16.5. The van der Waals surface area contributed by atoms with Crippen molar-refractivity contribution in [3.63, 3.8) is 0 Å². The number of aryl methyl sites for hydroxylation is 1. The minimum absolute atomic E-state index is 0.349. The summed E-state index contributed by atoms with van der Waals surface area (Å²) in [7, 11) is 3.22. The Hall–Kier alpha value is -3.81. The normalized spacial score (nSPS) is 11.1. The lowest BCUT2D eigenvalue weighted by Crippen LogP contribution is -2.31. The molecule has 0 fully saturated rings. The first-order valence-electron chi connectivity index (χ1n) is 10.6. The summed E-state index contributed by atoms with van der Waals surface area (Å²) in [4.78, 5) is 32.8. The first-order chi connectivity index (χ1) is 15.6. The molecule has 0 bridgehead atoms. The van der Waals surface area contributed by atoms with Crippen LogP contribution in [0.5, 0.6) is 11.5 Å². The maximum Gasteiger partial charge on any atom is 0.330 e. The van der Waals surface area contributed by atoms with Crippen LogP contribution in [0.4, 0.5) is 0 Å². The molecular weight excluding hydrogens is 408 g/mol. The number of ether oxygens (including phenoxy) is 2. The van der Waals surface area contributed by atoms with E-state index in [0.29, 0.717) is 41.6 Å². The molecule has 8 nitrogen and oxygen atoms in total. The van der Waals surface area contributed by atoms with E-state index in [4.69, 9.17) is 14.5 Å². The number of hydrogen-bond acceptors (Lipinski definition) is 5. The highest BCUT2D eigenvalue weighted by molar-refractivity contribution is 5.77. The van der Waals surface area contributed by atoms with Gasteiger partial charge in [0.2, 0.25) is 0 Å². The average molecular weight is 434 g/mol. The predicted molar refractivity (Wildman–Crippen MR) is 124 cm³/mol. The number of nitrogens with zero attached hydrogens (tertiary/aromatic N) is 3. The van der Waals surface area contributed by atoms with Crippen LogP contribution in [0, 0.1) is 0 Å². The van der Waals surface area contributed by atoms with Gasteiger partial charge in [-0.15, -0.1) is 0 Å². The summed E-state index contributed by atoms with van der Waals surface area (Å²) in [6.45, 7) is 2.88. The molecule has 8 heteroatoms. The minimum atomic E-state index is -0.464. The molecule has 4 rings (SSSR count). The molecule has 2 aromatic heterocycles. The van der Waals surface area contributed by atoms with Crippen molar-refractivity contribution >= 4 is 11.2 Å². The Labute approximate surface area is 185 Å². The van der Waals surface area contributed by atoms with Crippen molar-refractivity contribution in [1.82, 2.24) is 19.1 Å². The topological polar surface area (TPSA) is 91.1 Å². The summed E-state index contributed by atoms with van der Waals surface area (Å²) in [5.41, 5.74) is 1.49. The summed E-state index contributed by atoms with van der Waals surface area (Å²) in [6.07, 6.45) is 1.71. The quantitative estimate of drug-likeness (QED) is 0.459. The molecule has 2 heterocycles.